The molecular weight excluding hydrogens is 216 g/mol. The van der Waals surface area contributed by atoms with Crippen molar-refractivity contribution < 1.29 is 9.47 Å². The van der Waals surface area contributed by atoms with Crippen molar-refractivity contribution in [3.63, 3.8) is 0 Å². The molecular formula is C13H20N2O2. The third kappa shape index (κ3) is 3.98. The molecule has 0 radical (unpaired) electrons. The van der Waals surface area contributed by atoms with E-state index in [1.807, 2.05) is 12.1 Å². The fourth-order valence-electron chi connectivity index (χ4n) is 1.73. The molecule has 1 saturated heterocycles. The normalized spacial score (nSPS) is 19.8. The quantitative estimate of drug-likeness (QED) is 0.846. The summed E-state index contributed by atoms with van der Waals surface area (Å²) in [4.78, 5) is 4.31. The fourth-order valence-corrected chi connectivity index (χ4v) is 1.73. The number of ether oxygens (including phenoxy) is 2. The Labute approximate surface area is 102 Å². The first kappa shape index (κ1) is 12.3. The third-order valence-electron chi connectivity index (χ3n) is 2.67. The van der Waals surface area contributed by atoms with Crippen molar-refractivity contribution in [2.45, 2.75) is 39.0 Å². The van der Waals surface area contributed by atoms with Crippen LogP contribution >= 0.6 is 0 Å². The Hall–Kier alpha value is -1.13. The van der Waals surface area contributed by atoms with E-state index in [-0.39, 0.29) is 6.10 Å². The van der Waals surface area contributed by atoms with Gasteiger partial charge < -0.3 is 14.8 Å². The van der Waals surface area contributed by atoms with Crippen LogP contribution in [0.25, 0.3) is 0 Å². The number of rotatable bonds is 5. The summed E-state index contributed by atoms with van der Waals surface area (Å²) in [5, 5.41) is 3.34. The molecule has 0 saturated carbocycles. The molecule has 1 N–H and O–H groups in total. The number of hydrogen-bond donors (Lipinski definition) is 1. The third-order valence-corrected chi connectivity index (χ3v) is 2.67. The summed E-state index contributed by atoms with van der Waals surface area (Å²) in [6.07, 6.45) is 2.97. The lowest BCUT2D eigenvalue weighted by Gasteiger charge is -2.13. The zero-order chi connectivity index (χ0) is 12.1. The van der Waals surface area contributed by atoms with Gasteiger partial charge in [-0.25, -0.2) is 0 Å². The fraction of sp³-hybridized carbons (Fsp3) is 0.615. The predicted molar refractivity (Wildman–Crippen MR) is 66.1 cm³/mol. The van der Waals surface area contributed by atoms with Gasteiger partial charge in [-0.15, -0.1) is 0 Å². The van der Waals surface area contributed by atoms with Gasteiger partial charge in [-0.2, -0.15) is 0 Å². The molecule has 94 valence electrons. The van der Waals surface area contributed by atoms with Gasteiger partial charge in [0.25, 0.3) is 0 Å². The average Bonchev–Trinajstić information content (AvgIpc) is 2.80. The van der Waals surface area contributed by atoms with Gasteiger partial charge in [0, 0.05) is 31.3 Å². The van der Waals surface area contributed by atoms with Crippen LogP contribution in [0.3, 0.4) is 0 Å². The molecule has 1 atom stereocenters. The zero-order valence-corrected chi connectivity index (χ0v) is 10.5. The first-order chi connectivity index (χ1) is 8.24. The largest absolute Gasteiger partial charge is 0.488 e. The van der Waals surface area contributed by atoms with Crippen LogP contribution in [0, 0.1) is 0 Å². The number of nitrogens with zero attached hydrogens (tertiary/aromatic N) is 1. The maximum atomic E-state index is 5.83. The lowest BCUT2D eigenvalue weighted by molar-refractivity contribution is 0.141. The van der Waals surface area contributed by atoms with Crippen molar-refractivity contribution >= 4 is 0 Å². The van der Waals surface area contributed by atoms with E-state index in [1.165, 1.54) is 0 Å². The minimum absolute atomic E-state index is 0.198. The van der Waals surface area contributed by atoms with Gasteiger partial charge >= 0.3 is 0 Å². The van der Waals surface area contributed by atoms with Crippen LogP contribution in [0.2, 0.25) is 0 Å². The summed E-state index contributed by atoms with van der Waals surface area (Å²) in [6, 6.07) is 4.36. The number of aromatic nitrogens is 1. The Morgan fingerprint density at radius 1 is 1.59 bits per heavy atom. The number of hydrogen-bond acceptors (Lipinski definition) is 4. The molecule has 4 heteroatoms. The lowest BCUT2D eigenvalue weighted by atomic mass is 10.3. The van der Waals surface area contributed by atoms with Gasteiger partial charge in [-0.3, -0.25) is 4.98 Å². The van der Waals surface area contributed by atoms with E-state index >= 15 is 0 Å². The van der Waals surface area contributed by atoms with Gasteiger partial charge in [0.05, 0.1) is 18.9 Å². The van der Waals surface area contributed by atoms with Gasteiger partial charge in [-0.05, 0) is 6.07 Å². The first-order valence-electron chi connectivity index (χ1n) is 6.17. The van der Waals surface area contributed by atoms with Crippen LogP contribution in [-0.2, 0) is 11.3 Å². The van der Waals surface area contributed by atoms with Crippen molar-refractivity contribution in [1.29, 1.82) is 0 Å². The second-order valence-electron chi connectivity index (χ2n) is 4.62. The van der Waals surface area contributed by atoms with Gasteiger partial charge in [0.1, 0.15) is 11.9 Å². The summed E-state index contributed by atoms with van der Waals surface area (Å²) >= 11 is 0. The maximum absolute atomic E-state index is 5.83. The second-order valence-corrected chi connectivity index (χ2v) is 4.62. The Balaban J connectivity index is 1.91. The molecule has 0 spiro atoms. The minimum Gasteiger partial charge on any atom is -0.488 e. The highest BCUT2D eigenvalue weighted by atomic mass is 16.5. The maximum Gasteiger partial charge on any atom is 0.124 e. The molecule has 0 bridgehead atoms. The highest BCUT2D eigenvalue weighted by molar-refractivity contribution is 5.23. The molecule has 4 nitrogen and oxygen atoms in total. The highest BCUT2D eigenvalue weighted by Gasteiger charge is 2.17. The minimum atomic E-state index is 0.198. The molecule has 2 rings (SSSR count). The summed E-state index contributed by atoms with van der Waals surface area (Å²) < 4.78 is 11.1. The van der Waals surface area contributed by atoms with Crippen molar-refractivity contribution in [2.24, 2.45) is 0 Å². The van der Waals surface area contributed by atoms with E-state index < -0.39 is 0 Å². The van der Waals surface area contributed by atoms with E-state index in [1.54, 1.807) is 6.20 Å². The number of pyridine rings is 1. The molecule has 1 aromatic heterocycles. The predicted octanol–water partition coefficient (Wildman–Crippen LogP) is 1.75. The van der Waals surface area contributed by atoms with Crippen LogP contribution in [0.4, 0.5) is 0 Å². The molecule has 1 aliphatic rings. The Morgan fingerprint density at radius 2 is 2.47 bits per heavy atom. The van der Waals surface area contributed by atoms with Crippen LogP contribution in [0.5, 0.6) is 5.75 Å². The van der Waals surface area contributed by atoms with Crippen molar-refractivity contribution in [3.8, 4) is 5.75 Å². The summed E-state index contributed by atoms with van der Waals surface area (Å²) in [5.41, 5.74) is 1.01. The van der Waals surface area contributed by atoms with Crippen molar-refractivity contribution in [1.82, 2.24) is 10.3 Å². The van der Waals surface area contributed by atoms with E-state index in [0.717, 1.165) is 31.0 Å². The van der Waals surface area contributed by atoms with Gasteiger partial charge in [0.2, 0.25) is 0 Å². The molecule has 2 heterocycles. The monoisotopic (exact) mass is 236 g/mol. The van der Waals surface area contributed by atoms with E-state index in [9.17, 15) is 0 Å². The van der Waals surface area contributed by atoms with E-state index in [4.69, 9.17) is 9.47 Å². The van der Waals surface area contributed by atoms with Crippen LogP contribution in [-0.4, -0.2) is 30.3 Å². The molecule has 1 aliphatic heterocycles. The Morgan fingerprint density at radius 3 is 3.18 bits per heavy atom. The molecule has 17 heavy (non-hydrogen) atoms. The lowest BCUT2D eigenvalue weighted by Crippen LogP contribution is -2.22. The van der Waals surface area contributed by atoms with Crippen LogP contribution in [0.15, 0.2) is 18.3 Å². The number of nitrogens with one attached hydrogen (secondary N) is 1. The molecule has 1 fully saturated rings. The molecule has 0 aliphatic carbocycles. The van der Waals surface area contributed by atoms with Gasteiger partial charge in [0.15, 0.2) is 0 Å². The van der Waals surface area contributed by atoms with Crippen molar-refractivity contribution in [2.75, 3.05) is 13.2 Å². The Bertz CT molecular complexity index is 349. The highest BCUT2D eigenvalue weighted by Crippen LogP contribution is 2.17. The summed E-state index contributed by atoms with van der Waals surface area (Å²) in [6.45, 7) is 6.52. The van der Waals surface area contributed by atoms with Crippen molar-refractivity contribution in [3.05, 3.63) is 24.0 Å². The van der Waals surface area contributed by atoms with E-state index in [0.29, 0.717) is 12.6 Å². The van der Waals surface area contributed by atoms with Gasteiger partial charge in [-0.1, -0.05) is 13.8 Å². The molecule has 0 aromatic carbocycles. The molecule has 1 aromatic rings. The van der Waals surface area contributed by atoms with Crippen LogP contribution in [0.1, 0.15) is 26.0 Å². The average molecular weight is 236 g/mol. The smallest absolute Gasteiger partial charge is 0.124 e. The standard InChI is InChI=1S/C13H20N2O2/c1-10(2)15-8-11-7-12(3-5-14-11)17-13-4-6-16-9-13/h3,5,7,10,13,15H,4,6,8-9H2,1-2H3. The molecule has 1 unspecified atom stereocenters. The van der Waals surface area contributed by atoms with E-state index in [2.05, 4.69) is 24.1 Å². The SMILES string of the molecule is CC(C)NCc1cc(OC2CCOC2)ccn1. The zero-order valence-electron chi connectivity index (χ0n) is 10.5. The molecule has 0 amide bonds. The topological polar surface area (TPSA) is 43.4 Å². The summed E-state index contributed by atoms with van der Waals surface area (Å²) in [5.74, 6) is 0.885. The second kappa shape index (κ2) is 5.98. The first-order valence-corrected chi connectivity index (χ1v) is 6.17. The Kier molecular flexibility index (Phi) is 4.34. The van der Waals surface area contributed by atoms with Crippen LogP contribution < -0.4 is 10.1 Å². The summed E-state index contributed by atoms with van der Waals surface area (Å²) in [7, 11) is 0.